The standard InChI is InChI=1S/C12H15ClO/c13-12-8-6-11(7-9-12)5-3-1-2-4-10-14/h3,5-9,14H,1-2,4,10H2. The van der Waals surface area contributed by atoms with Crippen LogP contribution in [0.4, 0.5) is 0 Å². The van der Waals surface area contributed by atoms with Gasteiger partial charge in [0, 0.05) is 11.6 Å². The lowest BCUT2D eigenvalue weighted by Crippen LogP contribution is -1.80. The topological polar surface area (TPSA) is 20.2 Å². The van der Waals surface area contributed by atoms with Gasteiger partial charge in [-0.15, -0.1) is 0 Å². The average Bonchev–Trinajstić information content (AvgIpc) is 2.21. The molecule has 0 unspecified atom stereocenters. The van der Waals surface area contributed by atoms with Crippen LogP contribution in [0.5, 0.6) is 0 Å². The van der Waals surface area contributed by atoms with Crippen LogP contribution in [0.25, 0.3) is 6.08 Å². The van der Waals surface area contributed by atoms with Crippen LogP contribution in [0.15, 0.2) is 30.3 Å². The van der Waals surface area contributed by atoms with Gasteiger partial charge in [0.25, 0.3) is 0 Å². The molecule has 0 fully saturated rings. The van der Waals surface area contributed by atoms with E-state index in [1.165, 1.54) is 5.56 Å². The second-order valence-corrected chi connectivity index (χ2v) is 3.61. The summed E-state index contributed by atoms with van der Waals surface area (Å²) < 4.78 is 0. The van der Waals surface area contributed by atoms with Crippen molar-refractivity contribution in [2.75, 3.05) is 6.61 Å². The van der Waals surface area contributed by atoms with Crippen LogP contribution >= 0.6 is 11.6 Å². The summed E-state index contributed by atoms with van der Waals surface area (Å²) in [6.45, 7) is 0.286. The molecule has 2 heteroatoms. The Labute approximate surface area is 90.0 Å². The maximum atomic E-state index is 8.57. The molecular formula is C12H15ClO. The molecular weight excluding hydrogens is 196 g/mol. The monoisotopic (exact) mass is 210 g/mol. The van der Waals surface area contributed by atoms with Gasteiger partial charge in [-0.1, -0.05) is 35.9 Å². The first-order valence-corrected chi connectivity index (χ1v) is 5.23. The highest BCUT2D eigenvalue weighted by molar-refractivity contribution is 6.30. The number of rotatable bonds is 5. The zero-order chi connectivity index (χ0) is 10.2. The summed E-state index contributed by atoms with van der Waals surface area (Å²) in [6, 6.07) is 7.75. The summed E-state index contributed by atoms with van der Waals surface area (Å²) in [7, 11) is 0. The van der Waals surface area contributed by atoms with E-state index in [1.807, 2.05) is 24.3 Å². The molecule has 0 aliphatic rings. The number of halogens is 1. The number of aliphatic hydroxyl groups excluding tert-OH is 1. The van der Waals surface area contributed by atoms with Gasteiger partial charge in [0.15, 0.2) is 0 Å². The number of aliphatic hydroxyl groups is 1. The van der Waals surface area contributed by atoms with Gasteiger partial charge in [0.05, 0.1) is 0 Å². The van der Waals surface area contributed by atoms with Crippen LogP contribution in [-0.2, 0) is 0 Å². The van der Waals surface area contributed by atoms with E-state index >= 15 is 0 Å². The van der Waals surface area contributed by atoms with E-state index in [9.17, 15) is 0 Å². The number of benzene rings is 1. The molecule has 1 rings (SSSR count). The Bertz CT molecular complexity index is 277. The molecule has 0 saturated heterocycles. The lowest BCUT2D eigenvalue weighted by molar-refractivity contribution is 0.285. The lowest BCUT2D eigenvalue weighted by Gasteiger charge is -1.94. The third kappa shape index (κ3) is 4.45. The van der Waals surface area contributed by atoms with Crippen LogP contribution in [-0.4, -0.2) is 11.7 Å². The summed E-state index contributed by atoms with van der Waals surface area (Å²) >= 11 is 5.76. The molecule has 14 heavy (non-hydrogen) atoms. The molecule has 1 aromatic rings. The van der Waals surface area contributed by atoms with Crippen molar-refractivity contribution in [2.24, 2.45) is 0 Å². The number of unbranched alkanes of at least 4 members (excludes halogenated alkanes) is 2. The van der Waals surface area contributed by atoms with E-state index in [0.717, 1.165) is 24.3 Å². The second-order valence-electron chi connectivity index (χ2n) is 3.17. The maximum absolute atomic E-state index is 8.57. The third-order valence-corrected chi connectivity index (χ3v) is 2.21. The highest BCUT2D eigenvalue weighted by Crippen LogP contribution is 2.11. The van der Waals surface area contributed by atoms with Gasteiger partial charge >= 0.3 is 0 Å². The summed E-state index contributed by atoms with van der Waals surface area (Å²) in [5.41, 5.74) is 1.17. The minimum atomic E-state index is 0.286. The Morgan fingerprint density at radius 2 is 1.86 bits per heavy atom. The SMILES string of the molecule is OCCCCC=Cc1ccc(Cl)cc1. The van der Waals surface area contributed by atoms with E-state index in [4.69, 9.17) is 16.7 Å². The van der Waals surface area contributed by atoms with Gasteiger partial charge < -0.3 is 5.11 Å². The quantitative estimate of drug-likeness (QED) is 0.738. The van der Waals surface area contributed by atoms with Crippen molar-refractivity contribution in [2.45, 2.75) is 19.3 Å². The Kier molecular flexibility index (Phi) is 5.35. The third-order valence-electron chi connectivity index (χ3n) is 1.96. The van der Waals surface area contributed by atoms with E-state index in [2.05, 4.69) is 12.2 Å². The first-order chi connectivity index (χ1) is 6.83. The molecule has 0 bridgehead atoms. The first kappa shape index (κ1) is 11.3. The Morgan fingerprint density at radius 3 is 2.50 bits per heavy atom. The average molecular weight is 211 g/mol. The van der Waals surface area contributed by atoms with Crippen molar-refractivity contribution in [1.29, 1.82) is 0 Å². The van der Waals surface area contributed by atoms with Gasteiger partial charge in [-0.05, 0) is 37.0 Å². The molecule has 0 heterocycles. The summed E-state index contributed by atoms with van der Waals surface area (Å²) in [6.07, 6.45) is 7.14. The lowest BCUT2D eigenvalue weighted by atomic mass is 10.2. The summed E-state index contributed by atoms with van der Waals surface area (Å²) in [5, 5.41) is 9.34. The minimum absolute atomic E-state index is 0.286. The summed E-state index contributed by atoms with van der Waals surface area (Å²) in [4.78, 5) is 0. The molecule has 0 saturated carbocycles. The molecule has 0 amide bonds. The van der Waals surface area contributed by atoms with E-state index < -0.39 is 0 Å². The molecule has 1 aromatic carbocycles. The van der Waals surface area contributed by atoms with Crippen molar-refractivity contribution in [1.82, 2.24) is 0 Å². The zero-order valence-corrected chi connectivity index (χ0v) is 8.87. The van der Waals surface area contributed by atoms with Crippen molar-refractivity contribution in [3.8, 4) is 0 Å². The van der Waals surface area contributed by atoms with E-state index in [-0.39, 0.29) is 6.61 Å². The van der Waals surface area contributed by atoms with Crippen LogP contribution < -0.4 is 0 Å². The van der Waals surface area contributed by atoms with Crippen molar-refractivity contribution in [3.05, 3.63) is 40.9 Å². The predicted molar refractivity (Wildman–Crippen MR) is 61.4 cm³/mol. The van der Waals surface area contributed by atoms with Gasteiger partial charge in [-0.25, -0.2) is 0 Å². The normalized spacial score (nSPS) is 11.0. The maximum Gasteiger partial charge on any atom is 0.0431 e. The van der Waals surface area contributed by atoms with Gasteiger partial charge in [-0.3, -0.25) is 0 Å². The molecule has 0 atom stereocenters. The molecule has 0 spiro atoms. The van der Waals surface area contributed by atoms with Gasteiger partial charge in [-0.2, -0.15) is 0 Å². The van der Waals surface area contributed by atoms with Crippen LogP contribution in [0.2, 0.25) is 5.02 Å². The molecule has 0 aromatic heterocycles. The fourth-order valence-electron chi connectivity index (χ4n) is 1.17. The molecule has 0 radical (unpaired) electrons. The predicted octanol–water partition coefficient (Wildman–Crippen LogP) is 3.52. The van der Waals surface area contributed by atoms with E-state index in [1.54, 1.807) is 0 Å². The molecule has 1 N–H and O–H groups in total. The molecule has 1 nitrogen and oxygen atoms in total. The number of hydrogen-bond acceptors (Lipinski definition) is 1. The summed E-state index contributed by atoms with van der Waals surface area (Å²) in [5.74, 6) is 0. The molecule has 0 aliphatic carbocycles. The fourth-order valence-corrected chi connectivity index (χ4v) is 1.29. The highest BCUT2D eigenvalue weighted by atomic mass is 35.5. The Morgan fingerprint density at radius 1 is 1.14 bits per heavy atom. The van der Waals surface area contributed by atoms with E-state index in [0.29, 0.717) is 0 Å². The molecule has 76 valence electrons. The highest BCUT2D eigenvalue weighted by Gasteiger charge is 1.87. The number of allylic oxidation sites excluding steroid dienone is 1. The van der Waals surface area contributed by atoms with Crippen molar-refractivity contribution >= 4 is 17.7 Å². The second kappa shape index (κ2) is 6.63. The zero-order valence-electron chi connectivity index (χ0n) is 8.12. The Balaban J connectivity index is 2.33. The largest absolute Gasteiger partial charge is 0.396 e. The smallest absolute Gasteiger partial charge is 0.0431 e. The van der Waals surface area contributed by atoms with Gasteiger partial charge in [0.2, 0.25) is 0 Å². The molecule has 0 aliphatic heterocycles. The number of hydrogen-bond donors (Lipinski definition) is 1. The van der Waals surface area contributed by atoms with Crippen molar-refractivity contribution < 1.29 is 5.11 Å². The van der Waals surface area contributed by atoms with Crippen LogP contribution in [0, 0.1) is 0 Å². The van der Waals surface area contributed by atoms with Crippen LogP contribution in [0.3, 0.4) is 0 Å². The minimum Gasteiger partial charge on any atom is -0.396 e. The van der Waals surface area contributed by atoms with Crippen molar-refractivity contribution in [3.63, 3.8) is 0 Å². The van der Waals surface area contributed by atoms with Crippen LogP contribution in [0.1, 0.15) is 24.8 Å². The fraction of sp³-hybridized carbons (Fsp3) is 0.333. The van der Waals surface area contributed by atoms with Gasteiger partial charge in [0.1, 0.15) is 0 Å². The Hall–Kier alpha value is -0.790. The first-order valence-electron chi connectivity index (χ1n) is 4.86.